The number of primary amides is 1. The minimum absolute atomic E-state index is 0.0235. The molecule has 2 N–H and O–H groups in total. The van der Waals surface area contributed by atoms with Crippen LogP contribution in [-0.2, 0) is 19.6 Å². The molecule has 1 unspecified atom stereocenters. The summed E-state index contributed by atoms with van der Waals surface area (Å²) < 4.78 is 31.3. The van der Waals surface area contributed by atoms with Crippen LogP contribution in [0, 0.1) is 11.3 Å². The molecule has 1 aliphatic rings. The standard InChI is InChI=1S/C12H13N3O4S/c13-7-9-3-1-2-4-11(9)20(17,18)15-5-6-19-8-10(15)12(14)16/h1-4,10H,5-6,8H2,(H2,14,16). The van der Waals surface area contributed by atoms with Crippen LogP contribution in [0.4, 0.5) is 0 Å². The summed E-state index contributed by atoms with van der Waals surface area (Å²) in [6.45, 7) is 0.122. The van der Waals surface area contributed by atoms with Gasteiger partial charge in [-0.15, -0.1) is 0 Å². The maximum atomic E-state index is 12.6. The number of ether oxygens (including phenoxy) is 1. The van der Waals surface area contributed by atoms with Crippen LogP contribution < -0.4 is 5.73 Å². The molecule has 20 heavy (non-hydrogen) atoms. The van der Waals surface area contributed by atoms with E-state index in [9.17, 15) is 13.2 Å². The summed E-state index contributed by atoms with van der Waals surface area (Å²) in [4.78, 5) is 11.2. The van der Waals surface area contributed by atoms with Gasteiger partial charge in [-0.05, 0) is 12.1 Å². The SMILES string of the molecule is N#Cc1ccccc1S(=O)(=O)N1CCOCC1C(N)=O. The van der Waals surface area contributed by atoms with E-state index in [0.717, 1.165) is 4.31 Å². The van der Waals surface area contributed by atoms with Gasteiger partial charge < -0.3 is 10.5 Å². The van der Waals surface area contributed by atoms with Gasteiger partial charge in [-0.1, -0.05) is 12.1 Å². The van der Waals surface area contributed by atoms with Crippen LogP contribution in [0.2, 0.25) is 0 Å². The molecule has 0 bridgehead atoms. The molecule has 0 aromatic heterocycles. The number of nitrogens with zero attached hydrogens (tertiary/aromatic N) is 2. The van der Waals surface area contributed by atoms with Crippen LogP contribution in [-0.4, -0.2) is 44.4 Å². The molecule has 1 amide bonds. The molecule has 0 aliphatic carbocycles. The first-order valence-corrected chi connectivity index (χ1v) is 7.30. The Labute approximate surface area is 116 Å². The van der Waals surface area contributed by atoms with E-state index in [4.69, 9.17) is 15.7 Å². The highest BCUT2D eigenvalue weighted by Gasteiger charge is 2.38. The molecule has 106 valence electrons. The normalized spacial score (nSPS) is 20.2. The van der Waals surface area contributed by atoms with E-state index in [1.54, 1.807) is 6.07 Å². The number of morpholine rings is 1. The number of carbonyl (C=O) groups is 1. The third-order valence-electron chi connectivity index (χ3n) is 3.00. The minimum Gasteiger partial charge on any atom is -0.378 e. The molecule has 1 aliphatic heterocycles. The molecular formula is C12H13N3O4S. The van der Waals surface area contributed by atoms with Crippen molar-refractivity contribution in [3.63, 3.8) is 0 Å². The fourth-order valence-corrected chi connectivity index (χ4v) is 3.72. The predicted octanol–water partition coefficient (Wildman–Crippen LogP) is -0.567. The van der Waals surface area contributed by atoms with E-state index in [-0.39, 0.29) is 30.2 Å². The zero-order chi connectivity index (χ0) is 14.8. The van der Waals surface area contributed by atoms with Crippen molar-refractivity contribution in [2.75, 3.05) is 19.8 Å². The number of amides is 1. The molecule has 8 heteroatoms. The van der Waals surface area contributed by atoms with Gasteiger partial charge in [0.1, 0.15) is 12.1 Å². The highest BCUT2D eigenvalue weighted by Crippen LogP contribution is 2.23. The number of hydrogen-bond acceptors (Lipinski definition) is 5. The lowest BCUT2D eigenvalue weighted by Crippen LogP contribution is -2.54. The second kappa shape index (κ2) is 5.58. The fourth-order valence-electron chi connectivity index (χ4n) is 2.01. The summed E-state index contributed by atoms with van der Waals surface area (Å²) in [6.07, 6.45) is 0. The maximum Gasteiger partial charge on any atom is 0.245 e. The molecule has 1 atom stereocenters. The van der Waals surface area contributed by atoms with Crippen LogP contribution in [0.1, 0.15) is 5.56 Å². The van der Waals surface area contributed by atoms with Crippen LogP contribution in [0.5, 0.6) is 0 Å². The molecule has 7 nitrogen and oxygen atoms in total. The first-order chi connectivity index (χ1) is 9.48. The Balaban J connectivity index is 2.48. The molecule has 0 spiro atoms. The average Bonchev–Trinajstić information content (AvgIpc) is 2.47. The number of benzene rings is 1. The molecular weight excluding hydrogens is 282 g/mol. The van der Waals surface area contributed by atoms with Crippen LogP contribution >= 0.6 is 0 Å². The van der Waals surface area contributed by atoms with Gasteiger partial charge in [-0.3, -0.25) is 4.79 Å². The summed E-state index contributed by atoms with van der Waals surface area (Å²) in [6, 6.07) is 6.61. The molecule has 1 heterocycles. The number of sulfonamides is 1. The van der Waals surface area contributed by atoms with Gasteiger partial charge in [0.15, 0.2) is 0 Å². The van der Waals surface area contributed by atoms with E-state index in [2.05, 4.69) is 0 Å². The Bertz CT molecular complexity index is 666. The van der Waals surface area contributed by atoms with Gasteiger partial charge in [0, 0.05) is 6.54 Å². The second-order valence-electron chi connectivity index (χ2n) is 4.22. The third kappa shape index (κ3) is 2.51. The predicted molar refractivity (Wildman–Crippen MR) is 68.9 cm³/mol. The largest absolute Gasteiger partial charge is 0.378 e. The summed E-state index contributed by atoms with van der Waals surface area (Å²) in [7, 11) is -3.97. The Morgan fingerprint density at radius 1 is 1.45 bits per heavy atom. The van der Waals surface area contributed by atoms with Crippen molar-refractivity contribution in [1.29, 1.82) is 5.26 Å². The Morgan fingerprint density at radius 3 is 2.80 bits per heavy atom. The third-order valence-corrected chi connectivity index (χ3v) is 4.97. The molecule has 1 aromatic rings. The van der Waals surface area contributed by atoms with E-state index in [0.29, 0.717) is 0 Å². The summed E-state index contributed by atoms with van der Waals surface area (Å²) in [5, 5.41) is 9.01. The van der Waals surface area contributed by atoms with Gasteiger partial charge >= 0.3 is 0 Å². The molecule has 1 fully saturated rings. The van der Waals surface area contributed by atoms with Crippen molar-refractivity contribution in [2.24, 2.45) is 5.73 Å². The minimum atomic E-state index is -3.97. The molecule has 0 radical (unpaired) electrons. The maximum absolute atomic E-state index is 12.6. The fraction of sp³-hybridized carbons (Fsp3) is 0.333. The van der Waals surface area contributed by atoms with E-state index >= 15 is 0 Å². The average molecular weight is 295 g/mol. The van der Waals surface area contributed by atoms with Crippen molar-refractivity contribution < 1.29 is 17.9 Å². The number of carbonyl (C=O) groups excluding carboxylic acids is 1. The number of nitriles is 1. The van der Waals surface area contributed by atoms with Crippen molar-refractivity contribution >= 4 is 15.9 Å². The Hall–Kier alpha value is -1.95. The highest BCUT2D eigenvalue weighted by molar-refractivity contribution is 7.89. The number of hydrogen-bond donors (Lipinski definition) is 1. The lowest BCUT2D eigenvalue weighted by atomic mass is 10.2. The van der Waals surface area contributed by atoms with Gasteiger partial charge in [0.25, 0.3) is 0 Å². The molecule has 1 aromatic carbocycles. The van der Waals surface area contributed by atoms with Gasteiger partial charge in [-0.2, -0.15) is 9.57 Å². The van der Waals surface area contributed by atoms with Crippen molar-refractivity contribution in [1.82, 2.24) is 4.31 Å². The zero-order valence-electron chi connectivity index (χ0n) is 10.5. The van der Waals surface area contributed by atoms with Crippen molar-refractivity contribution in [2.45, 2.75) is 10.9 Å². The number of rotatable bonds is 3. The van der Waals surface area contributed by atoms with Crippen LogP contribution in [0.25, 0.3) is 0 Å². The van der Waals surface area contributed by atoms with E-state index in [1.165, 1.54) is 18.2 Å². The Morgan fingerprint density at radius 2 is 2.15 bits per heavy atom. The second-order valence-corrected chi connectivity index (χ2v) is 6.08. The highest BCUT2D eigenvalue weighted by atomic mass is 32.2. The van der Waals surface area contributed by atoms with Gasteiger partial charge in [0.2, 0.25) is 15.9 Å². The van der Waals surface area contributed by atoms with Crippen molar-refractivity contribution in [3.8, 4) is 6.07 Å². The van der Waals surface area contributed by atoms with Crippen LogP contribution in [0.3, 0.4) is 0 Å². The van der Waals surface area contributed by atoms with Crippen LogP contribution in [0.15, 0.2) is 29.2 Å². The Kier molecular flexibility index (Phi) is 4.04. The first-order valence-electron chi connectivity index (χ1n) is 5.86. The van der Waals surface area contributed by atoms with Gasteiger partial charge in [-0.25, -0.2) is 8.42 Å². The number of nitrogens with two attached hydrogens (primary N) is 1. The van der Waals surface area contributed by atoms with E-state index in [1.807, 2.05) is 6.07 Å². The molecule has 1 saturated heterocycles. The topological polar surface area (TPSA) is 113 Å². The quantitative estimate of drug-likeness (QED) is 0.802. The summed E-state index contributed by atoms with van der Waals surface area (Å²) >= 11 is 0. The lowest BCUT2D eigenvalue weighted by molar-refractivity contribution is -0.125. The first kappa shape index (κ1) is 14.5. The van der Waals surface area contributed by atoms with Gasteiger partial charge in [0.05, 0.1) is 23.7 Å². The molecule has 2 rings (SSSR count). The smallest absolute Gasteiger partial charge is 0.245 e. The van der Waals surface area contributed by atoms with E-state index < -0.39 is 22.0 Å². The lowest BCUT2D eigenvalue weighted by Gasteiger charge is -2.32. The molecule has 0 saturated carbocycles. The zero-order valence-corrected chi connectivity index (χ0v) is 11.3. The summed E-state index contributed by atoms with van der Waals surface area (Å²) in [5.41, 5.74) is 5.24. The monoisotopic (exact) mass is 295 g/mol. The van der Waals surface area contributed by atoms with Crippen molar-refractivity contribution in [3.05, 3.63) is 29.8 Å². The summed E-state index contributed by atoms with van der Waals surface area (Å²) in [5.74, 6) is -0.775.